The van der Waals surface area contributed by atoms with Gasteiger partial charge in [-0.1, -0.05) is 12.1 Å². The minimum absolute atomic E-state index is 0.0596. The number of hydrogen-bond acceptors (Lipinski definition) is 8. The number of likely N-dealkylation sites (N-methyl/N-ethyl adjacent to an activating group) is 2. The molecule has 250 valence electrons. The SMILES string of the molecule is Cc1ccc(C(=O)Nc2cc(CN(C)CCN(C)C)cc(C(F)(F)F)c2)cc1Nc1ncnc2c1NC(=NCc1cccnc1)N=CC2. The first-order chi connectivity index (χ1) is 22.9. The van der Waals surface area contributed by atoms with E-state index in [0.29, 0.717) is 53.9 Å². The number of aromatic nitrogens is 3. The number of amides is 1. The number of fused-ring (bicyclic) bond motifs is 1. The maximum absolute atomic E-state index is 13.8. The van der Waals surface area contributed by atoms with Crippen molar-refractivity contribution in [1.29, 1.82) is 0 Å². The average Bonchev–Trinajstić information content (AvgIpc) is 3.26. The van der Waals surface area contributed by atoms with E-state index in [1.807, 2.05) is 50.0 Å². The van der Waals surface area contributed by atoms with Crippen LogP contribution in [0.3, 0.4) is 0 Å². The quantitative estimate of drug-likeness (QED) is 0.185. The number of alkyl halides is 3. The summed E-state index contributed by atoms with van der Waals surface area (Å²) in [5, 5.41) is 9.18. The average molecular weight is 659 g/mol. The van der Waals surface area contributed by atoms with Crippen LogP contribution in [0.2, 0.25) is 0 Å². The van der Waals surface area contributed by atoms with Crippen molar-refractivity contribution < 1.29 is 18.0 Å². The van der Waals surface area contributed by atoms with Crippen molar-refractivity contribution in [1.82, 2.24) is 24.8 Å². The number of halogens is 3. The molecule has 48 heavy (non-hydrogen) atoms. The lowest BCUT2D eigenvalue weighted by molar-refractivity contribution is -0.137. The number of carbonyl (C=O) groups excluding carboxylic acids is 1. The fourth-order valence-corrected chi connectivity index (χ4v) is 4.91. The molecule has 2 aromatic heterocycles. The third-order valence-corrected chi connectivity index (χ3v) is 7.51. The number of rotatable bonds is 11. The summed E-state index contributed by atoms with van der Waals surface area (Å²) in [7, 11) is 5.71. The van der Waals surface area contributed by atoms with E-state index in [9.17, 15) is 18.0 Å². The van der Waals surface area contributed by atoms with Gasteiger partial charge in [-0.05, 0) is 81.2 Å². The molecule has 1 amide bonds. The Balaban J connectivity index is 1.35. The minimum atomic E-state index is -4.57. The van der Waals surface area contributed by atoms with Crippen molar-refractivity contribution in [2.45, 2.75) is 32.6 Å². The molecular weight excluding hydrogens is 621 g/mol. The first kappa shape index (κ1) is 34.1. The summed E-state index contributed by atoms with van der Waals surface area (Å²) < 4.78 is 41.5. The Morgan fingerprint density at radius 3 is 2.62 bits per heavy atom. The zero-order valence-corrected chi connectivity index (χ0v) is 27.1. The van der Waals surface area contributed by atoms with E-state index >= 15 is 0 Å². The van der Waals surface area contributed by atoms with Crippen LogP contribution in [0.25, 0.3) is 0 Å². The Kier molecular flexibility index (Phi) is 10.8. The van der Waals surface area contributed by atoms with Gasteiger partial charge in [-0.15, -0.1) is 0 Å². The van der Waals surface area contributed by atoms with E-state index in [2.05, 4.69) is 40.9 Å². The smallest absolute Gasteiger partial charge is 0.338 e. The van der Waals surface area contributed by atoms with Gasteiger partial charge in [-0.2, -0.15) is 13.2 Å². The van der Waals surface area contributed by atoms with Crippen molar-refractivity contribution in [3.05, 3.63) is 101 Å². The first-order valence-electron chi connectivity index (χ1n) is 15.2. The van der Waals surface area contributed by atoms with Gasteiger partial charge in [0, 0.05) is 61.6 Å². The Morgan fingerprint density at radius 2 is 1.88 bits per heavy atom. The highest BCUT2D eigenvalue weighted by Crippen LogP contribution is 2.33. The summed E-state index contributed by atoms with van der Waals surface area (Å²) in [6.45, 7) is 3.95. The van der Waals surface area contributed by atoms with E-state index in [4.69, 9.17) is 0 Å². The molecule has 0 saturated heterocycles. The van der Waals surface area contributed by atoms with Crippen LogP contribution >= 0.6 is 0 Å². The minimum Gasteiger partial charge on any atom is -0.338 e. The lowest BCUT2D eigenvalue weighted by Crippen LogP contribution is -2.28. The summed E-state index contributed by atoms with van der Waals surface area (Å²) in [5.41, 5.74) is 3.53. The van der Waals surface area contributed by atoms with Crippen molar-refractivity contribution in [2.24, 2.45) is 9.98 Å². The number of pyridine rings is 1. The second kappa shape index (κ2) is 15.1. The van der Waals surface area contributed by atoms with Gasteiger partial charge in [0.25, 0.3) is 5.91 Å². The van der Waals surface area contributed by atoms with Crippen molar-refractivity contribution in [3.63, 3.8) is 0 Å². The molecule has 2 aromatic carbocycles. The van der Waals surface area contributed by atoms with Crippen LogP contribution in [-0.2, 0) is 25.7 Å². The molecule has 4 aromatic rings. The number of carbonyl (C=O) groups is 1. The summed E-state index contributed by atoms with van der Waals surface area (Å²) in [4.78, 5) is 39.3. The van der Waals surface area contributed by atoms with Gasteiger partial charge in [0.15, 0.2) is 5.82 Å². The Bertz CT molecular complexity index is 1810. The summed E-state index contributed by atoms with van der Waals surface area (Å²) in [6.07, 6.45) is 2.45. The van der Waals surface area contributed by atoms with E-state index in [1.54, 1.807) is 42.9 Å². The van der Waals surface area contributed by atoms with Crippen LogP contribution in [0.5, 0.6) is 0 Å². The molecule has 1 aliphatic rings. The van der Waals surface area contributed by atoms with Crippen LogP contribution in [0.15, 0.2) is 77.2 Å². The van der Waals surface area contributed by atoms with E-state index < -0.39 is 17.6 Å². The molecule has 0 bridgehead atoms. The highest BCUT2D eigenvalue weighted by atomic mass is 19.4. The lowest BCUT2D eigenvalue weighted by atomic mass is 10.1. The van der Waals surface area contributed by atoms with Gasteiger partial charge < -0.3 is 25.8 Å². The highest BCUT2D eigenvalue weighted by Gasteiger charge is 2.31. The van der Waals surface area contributed by atoms with Gasteiger partial charge in [0.1, 0.15) is 12.0 Å². The number of anilines is 4. The Morgan fingerprint density at radius 1 is 1.04 bits per heavy atom. The Hall–Kier alpha value is -5.21. The van der Waals surface area contributed by atoms with Crippen LogP contribution in [0.1, 0.15) is 38.3 Å². The predicted molar refractivity (Wildman–Crippen MR) is 182 cm³/mol. The maximum Gasteiger partial charge on any atom is 0.416 e. The van der Waals surface area contributed by atoms with Crippen molar-refractivity contribution in [2.75, 3.05) is 50.2 Å². The zero-order chi connectivity index (χ0) is 34.3. The normalized spacial score (nSPS) is 13.7. The summed E-state index contributed by atoms with van der Waals surface area (Å²) in [6, 6.07) is 12.4. The number of aliphatic imine (C=N–C) groups is 2. The van der Waals surface area contributed by atoms with Gasteiger partial charge in [-0.25, -0.2) is 20.0 Å². The molecule has 0 saturated carbocycles. The zero-order valence-electron chi connectivity index (χ0n) is 27.1. The van der Waals surface area contributed by atoms with Crippen LogP contribution in [0, 0.1) is 6.92 Å². The van der Waals surface area contributed by atoms with Gasteiger partial charge in [0.2, 0.25) is 5.96 Å². The van der Waals surface area contributed by atoms with E-state index in [1.165, 1.54) is 6.33 Å². The molecule has 5 rings (SSSR count). The summed E-state index contributed by atoms with van der Waals surface area (Å²) in [5.74, 6) is 0.271. The molecule has 0 fully saturated rings. The number of aryl methyl sites for hydroxylation is 1. The van der Waals surface area contributed by atoms with E-state index in [0.717, 1.165) is 29.8 Å². The maximum atomic E-state index is 13.8. The number of benzene rings is 2. The topological polar surface area (TPSA) is 123 Å². The van der Waals surface area contributed by atoms with Gasteiger partial charge in [0.05, 0.1) is 17.8 Å². The van der Waals surface area contributed by atoms with Crippen molar-refractivity contribution in [3.8, 4) is 0 Å². The summed E-state index contributed by atoms with van der Waals surface area (Å²) >= 11 is 0. The molecule has 0 radical (unpaired) electrons. The van der Waals surface area contributed by atoms with Crippen molar-refractivity contribution >= 4 is 41.0 Å². The van der Waals surface area contributed by atoms with Crippen LogP contribution < -0.4 is 16.0 Å². The molecule has 14 heteroatoms. The molecule has 3 N–H and O–H groups in total. The number of hydrogen-bond donors (Lipinski definition) is 3. The van der Waals surface area contributed by atoms with Gasteiger partial charge in [-0.3, -0.25) is 9.78 Å². The van der Waals surface area contributed by atoms with Crippen LogP contribution in [-0.4, -0.2) is 77.1 Å². The molecule has 0 spiro atoms. The molecule has 0 aliphatic carbocycles. The molecule has 11 nitrogen and oxygen atoms in total. The highest BCUT2D eigenvalue weighted by molar-refractivity contribution is 6.06. The second-order valence-electron chi connectivity index (χ2n) is 11.8. The first-order valence-corrected chi connectivity index (χ1v) is 15.2. The largest absolute Gasteiger partial charge is 0.416 e. The van der Waals surface area contributed by atoms with Crippen LogP contribution in [0.4, 0.5) is 36.1 Å². The molecule has 0 unspecified atom stereocenters. The molecule has 0 atom stereocenters. The molecule has 3 heterocycles. The Labute approximate surface area is 277 Å². The molecule has 1 aliphatic heterocycles. The number of nitrogens with one attached hydrogen (secondary N) is 3. The molecular formula is C34H37F3N10O. The lowest BCUT2D eigenvalue weighted by Gasteiger charge is -2.21. The monoisotopic (exact) mass is 658 g/mol. The number of guanidine groups is 1. The predicted octanol–water partition coefficient (Wildman–Crippen LogP) is 5.78. The van der Waals surface area contributed by atoms with E-state index in [-0.39, 0.29) is 17.8 Å². The van der Waals surface area contributed by atoms with Gasteiger partial charge >= 0.3 is 6.18 Å². The third-order valence-electron chi connectivity index (χ3n) is 7.51. The fraction of sp³-hybridized carbons (Fsp3) is 0.294. The fourth-order valence-electron chi connectivity index (χ4n) is 4.91. The standard InChI is InChI=1S/C34H37F3N10O/c1-22-7-8-25(32(48)43-27-15-24(14-26(17-27)34(35,36)37)20-47(4)13-12-46(2)3)16-29(22)44-31-30-28(41-21-42-31)9-11-39-33(45-30)40-19-23-6-5-10-38-18-23/h5-8,10-11,14-18,21H,9,12-13,19-20H2,1-4H3,(H,40,45)(H,43,48)(H,41,42,44). The third kappa shape index (κ3) is 9.20. The second-order valence-corrected chi connectivity index (χ2v) is 11.8. The number of nitrogens with zero attached hydrogens (tertiary/aromatic N) is 7.